The Balaban J connectivity index is 1.44. The summed E-state index contributed by atoms with van der Waals surface area (Å²) < 4.78 is 0. The lowest BCUT2D eigenvalue weighted by Crippen LogP contribution is -2.11. The number of imidazole rings is 1. The minimum Gasteiger partial charge on any atom is -0.335 e. The number of rotatable bonds is 6. The van der Waals surface area contributed by atoms with Gasteiger partial charge in [0.05, 0.1) is 16.7 Å². The molecule has 0 spiro atoms. The second kappa shape index (κ2) is 8.45. The fourth-order valence-corrected chi connectivity index (χ4v) is 4.01. The Hall–Kier alpha value is -4.50. The van der Waals surface area contributed by atoms with E-state index in [-0.39, 0.29) is 0 Å². The zero-order chi connectivity index (χ0) is 22.9. The van der Waals surface area contributed by atoms with Crippen molar-refractivity contribution in [3.8, 4) is 33.9 Å². The minimum absolute atomic E-state index is 0.610. The SMILES string of the molecule is CCNCc1cncc(-c2ccc3[nH]nc(-c4nc5nccc(-c6ccncc6)c5[nH]4)c3n2)c1. The number of aromatic amines is 2. The van der Waals surface area contributed by atoms with Gasteiger partial charge in [0.15, 0.2) is 17.2 Å². The van der Waals surface area contributed by atoms with E-state index in [1.54, 1.807) is 18.6 Å². The van der Waals surface area contributed by atoms with Crippen molar-refractivity contribution in [2.45, 2.75) is 13.5 Å². The van der Waals surface area contributed by atoms with Crippen molar-refractivity contribution < 1.29 is 0 Å². The molecule has 0 radical (unpaired) electrons. The van der Waals surface area contributed by atoms with Crippen molar-refractivity contribution in [2.24, 2.45) is 0 Å². The zero-order valence-electron chi connectivity index (χ0n) is 18.4. The van der Waals surface area contributed by atoms with E-state index in [0.29, 0.717) is 17.2 Å². The van der Waals surface area contributed by atoms with Crippen molar-refractivity contribution >= 4 is 22.2 Å². The van der Waals surface area contributed by atoms with Crippen LogP contribution in [0.25, 0.3) is 56.1 Å². The molecule has 6 heterocycles. The highest BCUT2D eigenvalue weighted by molar-refractivity contribution is 5.94. The number of aromatic nitrogens is 8. The van der Waals surface area contributed by atoms with Crippen LogP contribution in [-0.2, 0) is 6.54 Å². The summed E-state index contributed by atoms with van der Waals surface area (Å²) in [5, 5.41) is 10.9. The molecule has 3 N–H and O–H groups in total. The van der Waals surface area contributed by atoms with Crippen molar-refractivity contribution in [3.63, 3.8) is 0 Å². The molecule has 0 bridgehead atoms. The van der Waals surface area contributed by atoms with E-state index in [1.165, 1.54) is 0 Å². The highest BCUT2D eigenvalue weighted by Crippen LogP contribution is 2.30. The van der Waals surface area contributed by atoms with Gasteiger partial charge in [-0.15, -0.1) is 0 Å². The van der Waals surface area contributed by atoms with Crippen LogP contribution in [0, 0.1) is 0 Å². The lowest BCUT2D eigenvalue weighted by atomic mass is 10.1. The molecule has 0 aliphatic rings. The summed E-state index contributed by atoms with van der Waals surface area (Å²) in [6.07, 6.45) is 9.00. The molecule has 0 saturated heterocycles. The third-order valence-corrected chi connectivity index (χ3v) is 5.69. The predicted molar refractivity (Wildman–Crippen MR) is 131 cm³/mol. The Morgan fingerprint density at radius 1 is 0.912 bits per heavy atom. The van der Waals surface area contributed by atoms with E-state index < -0.39 is 0 Å². The van der Waals surface area contributed by atoms with E-state index in [1.807, 2.05) is 42.7 Å². The zero-order valence-corrected chi connectivity index (χ0v) is 18.4. The molecule has 6 rings (SSSR count). The van der Waals surface area contributed by atoms with Crippen LogP contribution in [0.15, 0.2) is 67.4 Å². The summed E-state index contributed by atoms with van der Waals surface area (Å²) in [6.45, 7) is 3.76. The normalized spacial score (nSPS) is 11.4. The van der Waals surface area contributed by atoms with Crippen LogP contribution in [0.5, 0.6) is 0 Å². The van der Waals surface area contributed by atoms with Gasteiger partial charge >= 0.3 is 0 Å². The fraction of sp³-hybridized carbons (Fsp3) is 0.120. The number of H-pyrrole nitrogens is 2. The average molecular weight is 448 g/mol. The number of hydrogen-bond donors (Lipinski definition) is 3. The Bertz CT molecular complexity index is 1600. The molecule has 0 saturated carbocycles. The maximum absolute atomic E-state index is 4.91. The van der Waals surface area contributed by atoms with Crippen LogP contribution in [0.2, 0.25) is 0 Å². The van der Waals surface area contributed by atoms with E-state index in [2.05, 4.69) is 48.4 Å². The van der Waals surface area contributed by atoms with Gasteiger partial charge in [-0.1, -0.05) is 6.92 Å². The van der Waals surface area contributed by atoms with Gasteiger partial charge in [0.2, 0.25) is 0 Å². The first kappa shape index (κ1) is 20.1. The van der Waals surface area contributed by atoms with E-state index in [4.69, 9.17) is 9.97 Å². The Kier molecular flexibility index (Phi) is 5.00. The van der Waals surface area contributed by atoms with Crippen molar-refractivity contribution in [1.29, 1.82) is 0 Å². The Morgan fingerprint density at radius 2 is 1.82 bits per heavy atom. The standard InChI is InChI=1S/C25H21N9/c1-2-26-12-15-11-17(14-28-13-15)19-3-4-20-22(30-19)23(34-33-20)25-31-21-18(7-10-29-24(21)32-25)16-5-8-27-9-6-16/h3-11,13-14,26H,2,12H2,1H3,(H,33,34)(H,29,31,32). The molecule has 6 aromatic heterocycles. The molecule has 0 fully saturated rings. The van der Waals surface area contributed by atoms with Gasteiger partial charge in [0.1, 0.15) is 5.52 Å². The van der Waals surface area contributed by atoms with Gasteiger partial charge in [-0.25, -0.2) is 15.0 Å². The van der Waals surface area contributed by atoms with Gasteiger partial charge in [0.25, 0.3) is 0 Å². The van der Waals surface area contributed by atoms with Crippen molar-refractivity contribution in [1.82, 2.24) is 45.4 Å². The second-order valence-corrected chi connectivity index (χ2v) is 7.91. The van der Waals surface area contributed by atoms with E-state index in [0.717, 1.165) is 57.6 Å². The number of pyridine rings is 4. The topological polar surface area (TPSA) is 121 Å². The van der Waals surface area contributed by atoms with Crippen LogP contribution in [0.4, 0.5) is 0 Å². The minimum atomic E-state index is 0.610. The first-order valence-corrected chi connectivity index (χ1v) is 11.1. The number of nitrogens with one attached hydrogen (secondary N) is 3. The lowest BCUT2D eigenvalue weighted by molar-refractivity contribution is 0.724. The van der Waals surface area contributed by atoms with E-state index >= 15 is 0 Å². The molecule has 9 heteroatoms. The van der Waals surface area contributed by atoms with Crippen molar-refractivity contribution in [2.75, 3.05) is 6.54 Å². The van der Waals surface area contributed by atoms with Gasteiger partial charge in [0, 0.05) is 48.7 Å². The molecule has 0 atom stereocenters. The third-order valence-electron chi connectivity index (χ3n) is 5.69. The second-order valence-electron chi connectivity index (χ2n) is 7.91. The smallest absolute Gasteiger partial charge is 0.178 e. The van der Waals surface area contributed by atoms with Crippen LogP contribution < -0.4 is 5.32 Å². The molecule has 0 aliphatic heterocycles. The Labute approximate surface area is 194 Å². The quantitative estimate of drug-likeness (QED) is 0.351. The molecule has 6 aromatic rings. The van der Waals surface area contributed by atoms with Crippen LogP contribution in [-0.4, -0.2) is 46.6 Å². The van der Waals surface area contributed by atoms with Gasteiger partial charge in [-0.2, -0.15) is 5.10 Å². The molecule has 34 heavy (non-hydrogen) atoms. The molecule has 0 unspecified atom stereocenters. The lowest BCUT2D eigenvalue weighted by Gasteiger charge is -2.05. The van der Waals surface area contributed by atoms with E-state index in [9.17, 15) is 0 Å². The molecule has 0 aliphatic carbocycles. The summed E-state index contributed by atoms with van der Waals surface area (Å²) in [5.41, 5.74) is 8.61. The van der Waals surface area contributed by atoms with Crippen LogP contribution >= 0.6 is 0 Å². The molecular formula is C25H21N9. The highest BCUT2D eigenvalue weighted by atomic mass is 15.2. The van der Waals surface area contributed by atoms with Crippen LogP contribution in [0.3, 0.4) is 0 Å². The van der Waals surface area contributed by atoms with Gasteiger partial charge in [-0.05, 0) is 54.1 Å². The maximum atomic E-state index is 4.91. The summed E-state index contributed by atoms with van der Waals surface area (Å²) in [7, 11) is 0. The van der Waals surface area contributed by atoms with Gasteiger partial charge in [-0.3, -0.25) is 15.1 Å². The number of fused-ring (bicyclic) bond motifs is 2. The molecule has 166 valence electrons. The first-order valence-electron chi connectivity index (χ1n) is 11.1. The molecule has 9 nitrogen and oxygen atoms in total. The molecule has 0 aromatic carbocycles. The average Bonchev–Trinajstić information content (AvgIpc) is 3.51. The first-order chi connectivity index (χ1) is 16.8. The number of hydrogen-bond acceptors (Lipinski definition) is 7. The van der Waals surface area contributed by atoms with Crippen LogP contribution in [0.1, 0.15) is 12.5 Å². The molecule has 0 amide bonds. The maximum Gasteiger partial charge on any atom is 0.178 e. The summed E-state index contributed by atoms with van der Waals surface area (Å²) >= 11 is 0. The summed E-state index contributed by atoms with van der Waals surface area (Å²) in [4.78, 5) is 26.0. The Morgan fingerprint density at radius 3 is 2.71 bits per heavy atom. The predicted octanol–water partition coefficient (Wildman–Crippen LogP) is 4.13. The number of nitrogens with zero attached hydrogens (tertiary/aromatic N) is 6. The summed E-state index contributed by atoms with van der Waals surface area (Å²) in [6, 6.07) is 12.0. The largest absolute Gasteiger partial charge is 0.335 e. The summed E-state index contributed by atoms with van der Waals surface area (Å²) in [5.74, 6) is 0.610. The monoisotopic (exact) mass is 447 g/mol. The highest BCUT2D eigenvalue weighted by Gasteiger charge is 2.17. The fourth-order valence-electron chi connectivity index (χ4n) is 4.01. The molecular weight excluding hydrogens is 426 g/mol. The van der Waals surface area contributed by atoms with Gasteiger partial charge < -0.3 is 10.3 Å². The third kappa shape index (κ3) is 3.57. The van der Waals surface area contributed by atoms with Crippen molar-refractivity contribution in [3.05, 3.63) is 72.9 Å².